The van der Waals surface area contributed by atoms with Gasteiger partial charge in [-0.2, -0.15) is 11.8 Å². The van der Waals surface area contributed by atoms with Gasteiger partial charge in [-0.05, 0) is 29.9 Å². The smallest absolute Gasteiger partial charge is 0.170 e. The third-order valence-electron chi connectivity index (χ3n) is 2.21. The normalized spacial score (nSPS) is 11.7. The van der Waals surface area contributed by atoms with Crippen LogP contribution in [0.25, 0.3) is 0 Å². The molecule has 0 spiro atoms. The van der Waals surface area contributed by atoms with Crippen LogP contribution >= 0.6 is 11.8 Å². The maximum Gasteiger partial charge on any atom is 0.170 e. The van der Waals surface area contributed by atoms with E-state index in [1.54, 1.807) is 0 Å². The summed E-state index contributed by atoms with van der Waals surface area (Å²) in [6.07, 6.45) is 0. The molecular weight excluding hydrogens is 208 g/mol. The zero-order chi connectivity index (χ0) is 11.3. The summed E-state index contributed by atoms with van der Waals surface area (Å²) in [4.78, 5) is 0. The van der Waals surface area contributed by atoms with Crippen LogP contribution in [-0.4, -0.2) is 16.8 Å². The van der Waals surface area contributed by atoms with E-state index in [4.69, 9.17) is 10.9 Å². The van der Waals surface area contributed by atoms with Crippen molar-refractivity contribution < 1.29 is 5.21 Å². The van der Waals surface area contributed by atoms with E-state index in [0.29, 0.717) is 0 Å². The van der Waals surface area contributed by atoms with Crippen LogP contribution < -0.4 is 5.73 Å². The van der Waals surface area contributed by atoms with Crippen LogP contribution in [0.5, 0.6) is 0 Å². The molecule has 0 bridgehead atoms. The van der Waals surface area contributed by atoms with E-state index in [0.717, 1.165) is 17.1 Å². The van der Waals surface area contributed by atoms with Gasteiger partial charge in [-0.25, -0.2) is 0 Å². The molecule has 0 unspecified atom stereocenters. The van der Waals surface area contributed by atoms with Gasteiger partial charge in [-0.1, -0.05) is 24.2 Å². The fourth-order valence-corrected chi connectivity index (χ4v) is 2.03. The van der Waals surface area contributed by atoms with Gasteiger partial charge in [0.25, 0.3) is 0 Å². The fourth-order valence-electron chi connectivity index (χ4n) is 1.29. The highest BCUT2D eigenvalue weighted by atomic mass is 32.2. The van der Waals surface area contributed by atoms with E-state index in [1.807, 2.05) is 36.9 Å². The second-order valence-electron chi connectivity index (χ2n) is 3.26. The summed E-state index contributed by atoms with van der Waals surface area (Å²) < 4.78 is 0. The van der Waals surface area contributed by atoms with Gasteiger partial charge in [-0.3, -0.25) is 0 Å². The van der Waals surface area contributed by atoms with Crippen molar-refractivity contribution in [3.63, 3.8) is 0 Å². The lowest BCUT2D eigenvalue weighted by atomic mass is 10.1. The third kappa shape index (κ3) is 3.16. The number of benzene rings is 1. The van der Waals surface area contributed by atoms with Crippen LogP contribution in [-0.2, 0) is 5.75 Å². The van der Waals surface area contributed by atoms with Crippen LogP contribution in [0.2, 0.25) is 0 Å². The van der Waals surface area contributed by atoms with Crippen molar-refractivity contribution in [3.05, 3.63) is 34.9 Å². The Morgan fingerprint density at radius 2 is 2.27 bits per heavy atom. The Morgan fingerprint density at radius 1 is 1.53 bits per heavy atom. The van der Waals surface area contributed by atoms with Gasteiger partial charge in [0.15, 0.2) is 5.84 Å². The first kappa shape index (κ1) is 11.9. The van der Waals surface area contributed by atoms with Crippen molar-refractivity contribution in [3.8, 4) is 0 Å². The highest BCUT2D eigenvalue weighted by Gasteiger charge is 2.03. The monoisotopic (exact) mass is 224 g/mol. The van der Waals surface area contributed by atoms with Crippen LogP contribution in [0.15, 0.2) is 23.4 Å². The van der Waals surface area contributed by atoms with Crippen molar-refractivity contribution in [1.29, 1.82) is 0 Å². The first-order chi connectivity index (χ1) is 7.19. The van der Waals surface area contributed by atoms with Crippen molar-refractivity contribution in [2.75, 3.05) is 5.75 Å². The molecule has 15 heavy (non-hydrogen) atoms. The van der Waals surface area contributed by atoms with Crippen LogP contribution in [0.1, 0.15) is 23.6 Å². The Kier molecular flexibility index (Phi) is 4.49. The molecule has 82 valence electrons. The number of amidine groups is 1. The Hall–Kier alpha value is -1.16. The highest BCUT2D eigenvalue weighted by Crippen LogP contribution is 2.17. The van der Waals surface area contributed by atoms with E-state index >= 15 is 0 Å². The van der Waals surface area contributed by atoms with Crippen molar-refractivity contribution in [2.24, 2.45) is 10.9 Å². The fraction of sp³-hybridized carbons (Fsp3) is 0.364. The SMILES string of the molecule is CCSCc1ccc(/C(N)=N/O)cc1C. The molecule has 3 N–H and O–H groups in total. The van der Waals surface area contributed by atoms with Crippen molar-refractivity contribution in [1.82, 2.24) is 0 Å². The van der Waals surface area contributed by atoms with Gasteiger partial charge in [0, 0.05) is 11.3 Å². The molecule has 1 aromatic carbocycles. The molecule has 4 heteroatoms. The largest absolute Gasteiger partial charge is 0.409 e. The lowest BCUT2D eigenvalue weighted by Gasteiger charge is -2.06. The van der Waals surface area contributed by atoms with Gasteiger partial charge < -0.3 is 10.9 Å². The summed E-state index contributed by atoms with van der Waals surface area (Å²) in [5.41, 5.74) is 8.76. The Morgan fingerprint density at radius 3 is 2.80 bits per heavy atom. The summed E-state index contributed by atoms with van der Waals surface area (Å²) in [7, 11) is 0. The Balaban J connectivity index is 2.88. The predicted octanol–water partition coefficient (Wildman–Crippen LogP) is 2.34. The van der Waals surface area contributed by atoms with E-state index < -0.39 is 0 Å². The van der Waals surface area contributed by atoms with Crippen LogP contribution in [0.3, 0.4) is 0 Å². The molecule has 0 heterocycles. The Labute approximate surface area is 94.4 Å². The van der Waals surface area contributed by atoms with Gasteiger partial charge in [0.05, 0.1) is 0 Å². The minimum absolute atomic E-state index is 0.160. The summed E-state index contributed by atoms with van der Waals surface area (Å²) >= 11 is 1.88. The second-order valence-corrected chi connectivity index (χ2v) is 4.54. The average molecular weight is 224 g/mol. The van der Waals surface area contributed by atoms with E-state index in [9.17, 15) is 0 Å². The number of aryl methyl sites for hydroxylation is 1. The number of nitrogens with two attached hydrogens (primary N) is 1. The lowest BCUT2D eigenvalue weighted by molar-refractivity contribution is 0.318. The lowest BCUT2D eigenvalue weighted by Crippen LogP contribution is -2.13. The molecule has 1 aromatic rings. The molecule has 0 saturated heterocycles. The molecule has 0 aromatic heterocycles. The maximum absolute atomic E-state index is 8.55. The maximum atomic E-state index is 8.55. The first-order valence-corrected chi connectivity index (χ1v) is 5.99. The van der Waals surface area contributed by atoms with Crippen molar-refractivity contribution >= 4 is 17.6 Å². The zero-order valence-electron chi connectivity index (χ0n) is 9.03. The molecule has 1 rings (SSSR count). The summed E-state index contributed by atoms with van der Waals surface area (Å²) in [5, 5.41) is 11.5. The van der Waals surface area contributed by atoms with E-state index in [1.165, 1.54) is 11.1 Å². The van der Waals surface area contributed by atoms with Crippen LogP contribution in [0, 0.1) is 6.92 Å². The molecule has 0 aliphatic heterocycles. The quantitative estimate of drug-likeness (QED) is 0.357. The minimum Gasteiger partial charge on any atom is -0.409 e. The number of hydrogen-bond donors (Lipinski definition) is 2. The molecule has 0 radical (unpaired) electrons. The number of thioether (sulfide) groups is 1. The standard InChI is InChI=1S/C11H16N2OS/c1-3-15-7-10-5-4-9(6-8(10)2)11(12)13-14/h4-6,14H,3,7H2,1-2H3,(H2,12,13). The Bertz CT molecular complexity index is 364. The summed E-state index contributed by atoms with van der Waals surface area (Å²) in [5.74, 6) is 2.29. The summed E-state index contributed by atoms with van der Waals surface area (Å²) in [6.45, 7) is 4.19. The number of nitrogens with zero attached hydrogens (tertiary/aromatic N) is 1. The molecule has 0 aliphatic rings. The van der Waals surface area contributed by atoms with Gasteiger partial charge >= 0.3 is 0 Å². The molecule has 0 saturated carbocycles. The third-order valence-corrected chi connectivity index (χ3v) is 3.13. The second kappa shape index (κ2) is 5.66. The number of hydrogen-bond acceptors (Lipinski definition) is 3. The van der Waals surface area contributed by atoms with Crippen LogP contribution in [0.4, 0.5) is 0 Å². The zero-order valence-corrected chi connectivity index (χ0v) is 9.84. The highest BCUT2D eigenvalue weighted by molar-refractivity contribution is 7.98. The minimum atomic E-state index is 0.160. The molecular formula is C11H16N2OS. The molecule has 0 amide bonds. The molecule has 0 aliphatic carbocycles. The van der Waals surface area contributed by atoms with Gasteiger partial charge in [0.1, 0.15) is 0 Å². The molecule has 0 atom stereocenters. The number of oxime groups is 1. The van der Waals surface area contributed by atoms with E-state index in [-0.39, 0.29) is 5.84 Å². The number of rotatable bonds is 4. The van der Waals surface area contributed by atoms with Crippen molar-refractivity contribution in [2.45, 2.75) is 19.6 Å². The molecule has 0 fully saturated rings. The van der Waals surface area contributed by atoms with E-state index in [2.05, 4.69) is 12.1 Å². The first-order valence-electron chi connectivity index (χ1n) is 4.84. The topological polar surface area (TPSA) is 58.6 Å². The summed E-state index contributed by atoms with van der Waals surface area (Å²) in [6, 6.07) is 5.86. The average Bonchev–Trinajstić information content (AvgIpc) is 2.26. The van der Waals surface area contributed by atoms with Gasteiger partial charge in [-0.15, -0.1) is 0 Å². The van der Waals surface area contributed by atoms with Gasteiger partial charge in [0.2, 0.25) is 0 Å². The molecule has 3 nitrogen and oxygen atoms in total. The predicted molar refractivity (Wildman–Crippen MR) is 65.5 cm³/mol.